The number of nitriles is 1. The van der Waals surface area contributed by atoms with Gasteiger partial charge in [-0.1, -0.05) is 66.7 Å². The SMILES string of the molecule is Cc1ccccc1C(NS(=O)(=O)c1ccccc1[N+](=O)[O-])c1c(C)cccc1-c1ccc(C#N)cc1. The first-order chi connectivity index (χ1) is 17.2. The number of sulfonamides is 1. The third-order valence-electron chi connectivity index (χ3n) is 6.06. The molecule has 1 unspecified atom stereocenters. The minimum Gasteiger partial charge on any atom is -0.258 e. The molecule has 0 radical (unpaired) electrons. The molecule has 0 aliphatic carbocycles. The fraction of sp³-hybridized carbons (Fsp3) is 0.107. The molecule has 1 N–H and O–H groups in total. The number of hydrogen-bond donors (Lipinski definition) is 1. The molecule has 0 heterocycles. The summed E-state index contributed by atoms with van der Waals surface area (Å²) in [5, 5.41) is 20.8. The van der Waals surface area contributed by atoms with Crippen LogP contribution in [0.25, 0.3) is 11.1 Å². The lowest BCUT2D eigenvalue weighted by Crippen LogP contribution is -2.31. The molecule has 4 aromatic carbocycles. The van der Waals surface area contributed by atoms with Gasteiger partial charge in [-0.2, -0.15) is 9.98 Å². The minimum absolute atomic E-state index is 0.401. The number of nitrogens with zero attached hydrogens (tertiary/aromatic N) is 2. The van der Waals surface area contributed by atoms with Crippen molar-refractivity contribution in [2.24, 2.45) is 0 Å². The summed E-state index contributed by atoms with van der Waals surface area (Å²) in [6, 6.07) is 26.7. The zero-order chi connectivity index (χ0) is 25.9. The standard InChI is InChI=1S/C28H23N3O4S/c1-19-8-3-4-10-23(19)28(30-36(34,35)26-13-6-5-12-25(26)31(32)33)27-20(2)9-7-11-24(27)22-16-14-21(18-29)15-17-22/h3-17,28,30H,1-2H3. The highest BCUT2D eigenvalue weighted by atomic mass is 32.2. The molecule has 8 heteroatoms. The van der Waals surface area contributed by atoms with Crippen LogP contribution in [0, 0.1) is 35.3 Å². The zero-order valence-electron chi connectivity index (χ0n) is 19.7. The molecule has 1 atom stereocenters. The molecule has 4 aromatic rings. The lowest BCUT2D eigenvalue weighted by Gasteiger charge is -2.26. The van der Waals surface area contributed by atoms with E-state index in [0.717, 1.165) is 33.4 Å². The van der Waals surface area contributed by atoms with Crippen molar-refractivity contribution in [2.75, 3.05) is 0 Å². The van der Waals surface area contributed by atoms with Gasteiger partial charge in [-0.15, -0.1) is 0 Å². The van der Waals surface area contributed by atoms with Crippen molar-refractivity contribution in [3.63, 3.8) is 0 Å². The maximum atomic E-state index is 13.6. The number of nitrogens with one attached hydrogen (secondary N) is 1. The number of para-hydroxylation sites is 1. The van der Waals surface area contributed by atoms with Crippen LogP contribution < -0.4 is 4.72 Å². The van der Waals surface area contributed by atoms with Crippen LogP contribution >= 0.6 is 0 Å². The predicted octanol–water partition coefficient (Wildman–Crippen LogP) is 5.82. The molecule has 4 rings (SSSR count). The largest absolute Gasteiger partial charge is 0.289 e. The van der Waals surface area contributed by atoms with Gasteiger partial charge in [0.2, 0.25) is 10.0 Å². The average molecular weight is 498 g/mol. The molecule has 0 bridgehead atoms. The Hall–Kier alpha value is -4.32. The van der Waals surface area contributed by atoms with E-state index >= 15 is 0 Å². The maximum Gasteiger partial charge on any atom is 0.289 e. The Balaban J connectivity index is 1.94. The molecule has 0 aromatic heterocycles. The maximum absolute atomic E-state index is 13.6. The molecular formula is C28H23N3O4S. The predicted molar refractivity (Wildman–Crippen MR) is 138 cm³/mol. The summed E-state index contributed by atoms with van der Waals surface area (Å²) < 4.78 is 30.0. The van der Waals surface area contributed by atoms with E-state index in [0.29, 0.717) is 5.56 Å². The minimum atomic E-state index is -4.31. The van der Waals surface area contributed by atoms with Crippen LogP contribution in [0.4, 0.5) is 5.69 Å². The fourth-order valence-corrected chi connectivity index (χ4v) is 5.64. The molecule has 7 nitrogen and oxygen atoms in total. The zero-order valence-corrected chi connectivity index (χ0v) is 20.5. The van der Waals surface area contributed by atoms with E-state index in [-0.39, 0.29) is 0 Å². The number of nitro groups is 1. The average Bonchev–Trinajstić information content (AvgIpc) is 2.88. The van der Waals surface area contributed by atoms with Gasteiger partial charge in [-0.3, -0.25) is 10.1 Å². The summed E-state index contributed by atoms with van der Waals surface area (Å²) >= 11 is 0. The van der Waals surface area contributed by atoms with Gasteiger partial charge in [0.25, 0.3) is 5.69 Å². The van der Waals surface area contributed by atoms with Crippen LogP contribution in [0.3, 0.4) is 0 Å². The Kier molecular flexibility index (Phi) is 6.97. The van der Waals surface area contributed by atoms with E-state index < -0.39 is 31.6 Å². The van der Waals surface area contributed by atoms with Gasteiger partial charge >= 0.3 is 0 Å². The lowest BCUT2D eigenvalue weighted by atomic mass is 9.87. The lowest BCUT2D eigenvalue weighted by molar-refractivity contribution is -0.387. The molecule has 0 aliphatic heterocycles. The van der Waals surface area contributed by atoms with Crippen molar-refractivity contribution in [1.29, 1.82) is 5.26 Å². The third kappa shape index (κ3) is 4.89. The summed E-state index contributed by atoms with van der Waals surface area (Å²) in [6.07, 6.45) is 0. The first-order valence-electron chi connectivity index (χ1n) is 11.1. The monoisotopic (exact) mass is 497 g/mol. The Bertz CT molecular complexity index is 1590. The fourth-order valence-electron chi connectivity index (χ4n) is 4.28. The topological polar surface area (TPSA) is 113 Å². The van der Waals surface area contributed by atoms with Crippen molar-refractivity contribution in [3.05, 3.63) is 129 Å². The third-order valence-corrected chi connectivity index (χ3v) is 7.53. The van der Waals surface area contributed by atoms with Crippen LogP contribution in [-0.2, 0) is 10.0 Å². The van der Waals surface area contributed by atoms with Crippen molar-refractivity contribution >= 4 is 15.7 Å². The first kappa shape index (κ1) is 24.8. The summed E-state index contributed by atoms with van der Waals surface area (Å²) in [5.74, 6) is 0. The van der Waals surface area contributed by atoms with Gasteiger partial charge in [-0.25, -0.2) is 8.42 Å². The van der Waals surface area contributed by atoms with Crippen LogP contribution in [0.15, 0.2) is 95.9 Å². The van der Waals surface area contributed by atoms with Crippen molar-refractivity contribution in [3.8, 4) is 17.2 Å². The molecule has 180 valence electrons. The van der Waals surface area contributed by atoms with Crippen LogP contribution in [0.1, 0.15) is 33.9 Å². The molecule has 0 saturated carbocycles. The van der Waals surface area contributed by atoms with Gasteiger partial charge in [0.15, 0.2) is 4.90 Å². The normalized spacial score (nSPS) is 12.0. The number of hydrogen-bond acceptors (Lipinski definition) is 5. The van der Waals surface area contributed by atoms with E-state index in [1.54, 1.807) is 12.1 Å². The highest BCUT2D eigenvalue weighted by Crippen LogP contribution is 2.37. The number of aryl methyl sites for hydroxylation is 2. The molecule has 0 aliphatic rings. The van der Waals surface area contributed by atoms with Gasteiger partial charge in [0.05, 0.1) is 22.6 Å². The van der Waals surface area contributed by atoms with Crippen LogP contribution in [0.5, 0.6) is 0 Å². The smallest absolute Gasteiger partial charge is 0.258 e. The first-order valence-corrected chi connectivity index (χ1v) is 12.6. The molecule has 0 fully saturated rings. The molecule has 0 spiro atoms. The number of nitro benzene ring substituents is 1. The summed E-state index contributed by atoms with van der Waals surface area (Å²) in [7, 11) is -4.31. The van der Waals surface area contributed by atoms with Crippen molar-refractivity contribution in [1.82, 2.24) is 4.72 Å². The molecule has 0 amide bonds. The second kappa shape index (κ2) is 10.1. The van der Waals surface area contributed by atoms with Crippen LogP contribution in [0.2, 0.25) is 0 Å². The highest BCUT2D eigenvalue weighted by Gasteiger charge is 2.31. The highest BCUT2D eigenvalue weighted by molar-refractivity contribution is 7.89. The van der Waals surface area contributed by atoms with E-state index in [9.17, 15) is 23.8 Å². The molecule has 36 heavy (non-hydrogen) atoms. The summed E-state index contributed by atoms with van der Waals surface area (Å²) in [6.45, 7) is 3.79. The van der Waals surface area contributed by atoms with Crippen LogP contribution in [-0.4, -0.2) is 13.3 Å². The summed E-state index contributed by atoms with van der Waals surface area (Å²) in [4.78, 5) is 10.5. The van der Waals surface area contributed by atoms with Gasteiger partial charge in [-0.05, 0) is 65.4 Å². The van der Waals surface area contributed by atoms with E-state index in [1.165, 1.54) is 24.3 Å². The van der Waals surface area contributed by atoms with Gasteiger partial charge < -0.3 is 0 Å². The second-order valence-corrected chi connectivity index (χ2v) is 10.0. The van der Waals surface area contributed by atoms with E-state index in [1.807, 2.05) is 68.4 Å². The Morgan fingerprint density at radius 3 is 2.17 bits per heavy atom. The quantitative estimate of drug-likeness (QED) is 0.255. The number of rotatable bonds is 7. The Morgan fingerprint density at radius 1 is 0.861 bits per heavy atom. The molecule has 0 saturated heterocycles. The van der Waals surface area contributed by atoms with Gasteiger partial charge in [0, 0.05) is 6.07 Å². The van der Waals surface area contributed by atoms with Crippen molar-refractivity contribution < 1.29 is 13.3 Å². The Labute approximate surface area is 209 Å². The van der Waals surface area contributed by atoms with Gasteiger partial charge in [0.1, 0.15) is 0 Å². The molecular weight excluding hydrogens is 474 g/mol. The number of benzene rings is 4. The second-order valence-electron chi connectivity index (χ2n) is 8.36. The van der Waals surface area contributed by atoms with E-state index in [4.69, 9.17) is 0 Å². The Morgan fingerprint density at radius 2 is 1.50 bits per heavy atom. The van der Waals surface area contributed by atoms with E-state index in [2.05, 4.69) is 10.8 Å². The van der Waals surface area contributed by atoms with Crippen molar-refractivity contribution in [2.45, 2.75) is 24.8 Å². The summed E-state index contributed by atoms with van der Waals surface area (Å²) in [5.41, 5.74) is 4.78.